The lowest BCUT2D eigenvalue weighted by Gasteiger charge is -2.19. The minimum Gasteiger partial charge on any atom is -0.483 e. The van der Waals surface area contributed by atoms with Gasteiger partial charge in [0.05, 0.1) is 0 Å². The van der Waals surface area contributed by atoms with Gasteiger partial charge in [-0.15, -0.1) is 0 Å². The van der Waals surface area contributed by atoms with E-state index in [1.54, 1.807) is 0 Å². The highest BCUT2D eigenvalue weighted by atomic mass is 19.4. The molecule has 0 bridgehead atoms. The van der Waals surface area contributed by atoms with Gasteiger partial charge in [-0.3, -0.25) is 4.79 Å². The topological polar surface area (TPSA) is 67.4 Å². The summed E-state index contributed by atoms with van der Waals surface area (Å²) in [6, 6.07) is 3.22. The third-order valence-corrected chi connectivity index (χ3v) is 3.88. The van der Waals surface area contributed by atoms with E-state index in [1.807, 2.05) is 4.90 Å². The molecule has 27 heavy (non-hydrogen) atoms. The fraction of sp³-hybridized carbons (Fsp3) is 0.353. The van der Waals surface area contributed by atoms with Crippen LogP contribution in [0.5, 0.6) is 5.75 Å². The number of halogens is 4. The van der Waals surface area contributed by atoms with Gasteiger partial charge in [-0.25, -0.2) is 14.4 Å². The number of benzene rings is 1. The Labute approximate surface area is 152 Å². The molecule has 1 N–H and O–H groups in total. The third kappa shape index (κ3) is 5.05. The quantitative estimate of drug-likeness (QED) is 0.821. The van der Waals surface area contributed by atoms with Crippen LogP contribution in [0.1, 0.15) is 6.42 Å². The Morgan fingerprint density at radius 1 is 1.19 bits per heavy atom. The molecule has 144 valence electrons. The maximum atomic E-state index is 13.6. The first kappa shape index (κ1) is 18.9. The molecule has 1 amide bonds. The predicted molar refractivity (Wildman–Crippen MR) is 88.8 cm³/mol. The zero-order chi connectivity index (χ0) is 19.4. The number of alkyl halides is 3. The Bertz CT molecular complexity index is 812. The van der Waals surface area contributed by atoms with Crippen molar-refractivity contribution in [2.45, 2.75) is 12.6 Å². The molecule has 0 radical (unpaired) electrons. The highest BCUT2D eigenvalue weighted by molar-refractivity contribution is 5.77. The van der Waals surface area contributed by atoms with Crippen molar-refractivity contribution in [3.8, 4) is 16.9 Å². The molecule has 1 aliphatic heterocycles. The molecule has 1 aliphatic rings. The van der Waals surface area contributed by atoms with E-state index in [2.05, 4.69) is 15.3 Å². The maximum absolute atomic E-state index is 13.6. The first-order chi connectivity index (χ1) is 12.8. The Morgan fingerprint density at radius 2 is 1.93 bits per heavy atom. The minimum atomic E-state index is -4.51. The molecule has 10 heteroatoms. The Balaban J connectivity index is 1.82. The molecule has 1 fully saturated rings. The van der Waals surface area contributed by atoms with Crippen molar-refractivity contribution in [3.05, 3.63) is 36.4 Å². The van der Waals surface area contributed by atoms with Gasteiger partial charge in [0, 0.05) is 49.6 Å². The van der Waals surface area contributed by atoms with Crippen LogP contribution in [0.4, 0.5) is 23.5 Å². The van der Waals surface area contributed by atoms with Crippen LogP contribution in [-0.4, -0.2) is 48.3 Å². The van der Waals surface area contributed by atoms with Crippen molar-refractivity contribution in [3.63, 3.8) is 0 Å². The van der Waals surface area contributed by atoms with Crippen LogP contribution in [0.2, 0.25) is 0 Å². The summed E-state index contributed by atoms with van der Waals surface area (Å²) in [6.45, 7) is -0.0429. The smallest absolute Gasteiger partial charge is 0.422 e. The van der Waals surface area contributed by atoms with Crippen LogP contribution in [0.15, 0.2) is 30.6 Å². The normalized spacial score (nSPS) is 15.3. The summed E-state index contributed by atoms with van der Waals surface area (Å²) in [7, 11) is 0. The summed E-state index contributed by atoms with van der Waals surface area (Å²) in [4.78, 5) is 21.6. The van der Waals surface area contributed by atoms with E-state index in [0.29, 0.717) is 37.6 Å². The average molecular weight is 384 g/mol. The number of aromatic nitrogens is 2. The van der Waals surface area contributed by atoms with Gasteiger partial charge in [-0.2, -0.15) is 13.2 Å². The largest absolute Gasteiger partial charge is 0.483 e. The second-order valence-electron chi connectivity index (χ2n) is 5.90. The van der Waals surface area contributed by atoms with Crippen LogP contribution in [0.3, 0.4) is 0 Å². The van der Waals surface area contributed by atoms with Gasteiger partial charge in [-0.1, -0.05) is 0 Å². The molecule has 1 aromatic carbocycles. The summed E-state index contributed by atoms with van der Waals surface area (Å²) in [5, 5.41) is 2.74. The van der Waals surface area contributed by atoms with Crippen LogP contribution in [0, 0.1) is 5.82 Å². The number of nitrogens with zero attached hydrogens (tertiary/aromatic N) is 3. The Kier molecular flexibility index (Phi) is 5.43. The second-order valence-corrected chi connectivity index (χ2v) is 5.90. The molecule has 0 unspecified atom stereocenters. The summed E-state index contributed by atoms with van der Waals surface area (Å²) in [5.41, 5.74) is 0.443. The van der Waals surface area contributed by atoms with E-state index in [0.717, 1.165) is 18.2 Å². The average Bonchev–Trinajstić information content (AvgIpc) is 2.85. The molecule has 3 rings (SSSR count). The Hall–Kier alpha value is -2.91. The summed E-state index contributed by atoms with van der Waals surface area (Å²) >= 11 is 0. The lowest BCUT2D eigenvalue weighted by atomic mass is 10.1. The highest BCUT2D eigenvalue weighted by Gasteiger charge is 2.29. The molecule has 1 aromatic heterocycles. The number of amides is 1. The first-order valence-electron chi connectivity index (χ1n) is 8.15. The highest BCUT2D eigenvalue weighted by Crippen LogP contribution is 2.31. The molecule has 6 nitrogen and oxygen atoms in total. The monoisotopic (exact) mass is 384 g/mol. The molecular weight excluding hydrogens is 368 g/mol. The summed E-state index contributed by atoms with van der Waals surface area (Å²) in [6.07, 6.45) is -1.43. The van der Waals surface area contributed by atoms with Crippen LogP contribution in [0.25, 0.3) is 11.1 Å². The number of carbonyl (C=O) groups excluding carboxylic acids is 1. The van der Waals surface area contributed by atoms with Crippen molar-refractivity contribution in [2.75, 3.05) is 31.1 Å². The van der Waals surface area contributed by atoms with Gasteiger partial charge in [0.2, 0.25) is 11.9 Å². The number of nitrogens with one attached hydrogen (secondary N) is 1. The molecule has 2 aromatic rings. The van der Waals surface area contributed by atoms with Crippen LogP contribution >= 0.6 is 0 Å². The van der Waals surface area contributed by atoms with Crippen molar-refractivity contribution < 1.29 is 27.1 Å². The second kappa shape index (κ2) is 7.77. The fourth-order valence-corrected chi connectivity index (χ4v) is 2.60. The van der Waals surface area contributed by atoms with Gasteiger partial charge in [0.25, 0.3) is 0 Å². The van der Waals surface area contributed by atoms with Crippen LogP contribution in [-0.2, 0) is 4.79 Å². The van der Waals surface area contributed by atoms with Gasteiger partial charge >= 0.3 is 6.18 Å². The van der Waals surface area contributed by atoms with Crippen molar-refractivity contribution in [2.24, 2.45) is 0 Å². The van der Waals surface area contributed by atoms with Gasteiger partial charge < -0.3 is 15.0 Å². The zero-order valence-electron chi connectivity index (χ0n) is 14.1. The molecule has 0 spiro atoms. The molecular formula is C17H16F4N4O2. The molecule has 2 heterocycles. The number of ether oxygens (including phenoxy) is 1. The van der Waals surface area contributed by atoms with E-state index in [4.69, 9.17) is 4.74 Å². The zero-order valence-corrected chi connectivity index (χ0v) is 14.1. The van der Waals surface area contributed by atoms with Crippen molar-refractivity contribution in [1.82, 2.24) is 15.3 Å². The number of rotatable bonds is 4. The van der Waals surface area contributed by atoms with Crippen molar-refractivity contribution in [1.29, 1.82) is 0 Å². The maximum Gasteiger partial charge on any atom is 0.422 e. The number of hydrogen-bond donors (Lipinski definition) is 1. The lowest BCUT2D eigenvalue weighted by molar-refractivity contribution is -0.153. The van der Waals surface area contributed by atoms with E-state index in [9.17, 15) is 22.4 Å². The van der Waals surface area contributed by atoms with Gasteiger partial charge in [-0.05, 0) is 18.2 Å². The van der Waals surface area contributed by atoms with Gasteiger partial charge in [0.15, 0.2) is 6.61 Å². The first-order valence-corrected chi connectivity index (χ1v) is 8.15. The molecule has 1 saturated heterocycles. The Morgan fingerprint density at radius 3 is 2.63 bits per heavy atom. The molecule has 0 atom stereocenters. The fourth-order valence-electron chi connectivity index (χ4n) is 2.60. The van der Waals surface area contributed by atoms with Crippen LogP contribution < -0.4 is 15.0 Å². The van der Waals surface area contributed by atoms with Gasteiger partial charge in [0.1, 0.15) is 11.6 Å². The number of hydrogen-bond acceptors (Lipinski definition) is 5. The number of anilines is 1. The van der Waals surface area contributed by atoms with E-state index >= 15 is 0 Å². The van der Waals surface area contributed by atoms with E-state index in [-0.39, 0.29) is 17.2 Å². The van der Waals surface area contributed by atoms with E-state index < -0.39 is 18.6 Å². The van der Waals surface area contributed by atoms with E-state index in [1.165, 1.54) is 12.4 Å². The lowest BCUT2D eigenvalue weighted by Crippen LogP contribution is -2.29. The standard InChI is InChI=1S/C17H16F4N4O2/c18-12-1-2-14(27-10-17(19,20)21)13(7-12)11-8-23-16(24-9-11)25-5-3-15(26)22-4-6-25/h1-2,7-9H,3-6,10H2,(H,22,26). The van der Waals surface area contributed by atoms with Crippen molar-refractivity contribution >= 4 is 11.9 Å². The predicted octanol–water partition coefficient (Wildman–Crippen LogP) is 2.55. The summed E-state index contributed by atoms with van der Waals surface area (Å²) < 4.78 is 55.6. The third-order valence-electron chi connectivity index (χ3n) is 3.88. The molecule has 0 aliphatic carbocycles. The summed E-state index contributed by atoms with van der Waals surface area (Å²) in [5.74, 6) is -0.412. The molecule has 0 saturated carbocycles. The number of carbonyl (C=O) groups is 1. The SMILES string of the molecule is O=C1CCN(c2ncc(-c3cc(F)ccc3OCC(F)(F)F)cn2)CCN1. The minimum absolute atomic E-state index is 0.0552.